The molecule has 0 aliphatic carbocycles. The van der Waals surface area contributed by atoms with Crippen molar-refractivity contribution in [2.45, 2.75) is 12.8 Å². The first-order valence-electron chi connectivity index (χ1n) is 14.1. The molecule has 0 bridgehead atoms. The van der Waals surface area contributed by atoms with Crippen molar-refractivity contribution in [3.63, 3.8) is 0 Å². The normalized spacial score (nSPS) is 11.7. The molecule has 43 heavy (non-hydrogen) atoms. The van der Waals surface area contributed by atoms with Crippen LogP contribution in [-0.2, 0) is 21.1 Å². The Morgan fingerprint density at radius 2 is 1.37 bits per heavy atom. The minimum absolute atomic E-state index is 0. The van der Waals surface area contributed by atoms with Crippen LogP contribution in [0.5, 0.6) is 5.75 Å². The Kier molecular flexibility index (Phi) is 8.05. The molecule has 4 nitrogen and oxygen atoms in total. The van der Waals surface area contributed by atoms with E-state index in [-0.39, 0.29) is 32.7 Å². The van der Waals surface area contributed by atoms with Crippen LogP contribution < -0.4 is 0 Å². The minimum atomic E-state index is 0. The van der Waals surface area contributed by atoms with Gasteiger partial charge >= 0.3 is 0 Å². The number of hydrogen-bond donors (Lipinski definition) is 1. The van der Waals surface area contributed by atoms with Gasteiger partial charge in [0.2, 0.25) is 0 Å². The number of pyridine rings is 1. The second kappa shape index (κ2) is 12.2. The van der Waals surface area contributed by atoms with Gasteiger partial charge in [0.15, 0.2) is 0 Å². The van der Waals surface area contributed by atoms with E-state index in [1.165, 1.54) is 11.1 Å². The fourth-order valence-electron chi connectivity index (χ4n) is 5.57. The molecule has 5 aromatic carbocycles. The summed E-state index contributed by atoms with van der Waals surface area (Å²) in [6, 6.07) is 48.3. The predicted octanol–water partition coefficient (Wildman–Crippen LogP) is 9.08. The van der Waals surface area contributed by atoms with Crippen LogP contribution in [0.2, 0.25) is 0 Å². The Morgan fingerprint density at radius 3 is 2.12 bits per heavy atom. The van der Waals surface area contributed by atoms with Gasteiger partial charge in [-0.3, -0.25) is 9.55 Å². The molecule has 7 aromatic rings. The molecule has 0 fully saturated rings. The Balaban J connectivity index is 0.00000329. The molecule has 1 N–H and O–H groups in total. The van der Waals surface area contributed by atoms with Gasteiger partial charge in [-0.15, -0.1) is 29.8 Å². The van der Waals surface area contributed by atoms with E-state index in [4.69, 9.17) is 4.98 Å². The van der Waals surface area contributed by atoms with Crippen LogP contribution in [0.1, 0.15) is 24.0 Å². The third-order valence-electron chi connectivity index (χ3n) is 7.77. The molecule has 7 rings (SSSR count). The number of imidazole rings is 1. The molecule has 0 radical (unpaired) electrons. The van der Waals surface area contributed by atoms with Crippen molar-refractivity contribution in [1.29, 1.82) is 0 Å². The summed E-state index contributed by atoms with van der Waals surface area (Å²) in [7, 11) is 0. The number of para-hydroxylation sites is 2. The maximum atomic E-state index is 10.9. The number of benzene rings is 5. The van der Waals surface area contributed by atoms with E-state index in [9.17, 15) is 5.11 Å². The Hall–Kier alpha value is -4.79. The fraction of sp³-hybridized carbons (Fsp3) is 0.0526. The van der Waals surface area contributed by atoms with Crippen LogP contribution in [0.3, 0.4) is 0 Å². The van der Waals surface area contributed by atoms with Gasteiger partial charge in [-0.25, -0.2) is 4.98 Å². The number of nitrogens with zero attached hydrogens (tertiary/aromatic N) is 3. The Bertz CT molecular complexity index is 2000. The molecule has 0 spiro atoms. The number of fused-ring (bicyclic) bond motifs is 1. The Labute approximate surface area is 265 Å². The summed E-state index contributed by atoms with van der Waals surface area (Å²) in [4.78, 5) is 9.80. The van der Waals surface area contributed by atoms with E-state index >= 15 is 0 Å². The molecular weight excluding hydrogens is 710 g/mol. The molecule has 212 valence electrons. The number of hydrogen-bond acceptors (Lipinski definition) is 3. The van der Waals surface area contributed by atoms with Crippen molar-refractivity contribution in [3.05, 3.63) is 157 Å². The average Bonchev–Trinajstić information content (AvgIpc) is 3.45. The summed E-state index contributed by atoms with van der Waals surface area (Å²) in [5.74, 6) is 1.01. The van der Waals surface area contributed by atoms with E-state index in [2.05, 4.69) is 77.1 Å². The maximum absolute atomic E-state index is 10.9. The van der Waals surface area contributed by atoms with Gasteiger partial charge < -0.3 is 5.11 Å². The van der Waals surface area contributed by atoms with Crippen LogP contribution in [-0.4, -0.2) is 19.6 Å². The monoisotopic (exact) mass is 737 g/mol. The van der Waals surface area contributed by atoms with Gasteiger partial charge in [-0.2, -0.15) is 0 Å². The molecule has 5 heteroatoms. The Morgan fingerprint density at radius 1 is 0.674 bits per heavy atom. The van der Waals surface area contributed by atoms with E-state index in [0.717, 1.165) is 39.1 Å². The molecule has 2 aromatic heterocycles. The zero-order chi connectivity index (χ0) is 28.5. The number of phenolic OH excluding ortho intramolecular Hbond substituents is 1. The van der Waals surface area contributed by atoms with Crippen molar-refractivity contribution >= 4 is 11.0 Å². The molecule has 1 atom stereocenters. The molecule has 2 heterocycles. The van der Waals surface area contributed by atoms with Gasteiger partial charge in [0.25, 0.3) is 0 Å². The van der Waals surface area contributed by atoms with Gasteiger partial charge in [0.05, 0.1) is 16.6 Å². The molecular formula is C38H28N3OPt-. The smallest absolute Gasteiger partial charge is 0.148 e. The van der Waals surface area contributed by atoms with Crippen LogP contribution in [0.15, 0.2) is 140 Å². The van der Waals surface area contributed by atoms with Crippen molar-refractivity contribution in [2.75, 3.05) is 0 Å². The van der Waals surface area contributed by atoms with Crippen molar-refractivity contribution in [1.82, 2.24) is 14.5 Å². The third kappa shape index (κ3) is 5.42. The average molecular weight is 738 g/mol. The number of aromatic hydroxyl groups is 1. The van der Waals surface area contributed by atoms with Gasteiger partial charge in [0, 0.05) is 44.6 Å². The summed E-state index contributed by atoms with van der Waals surface area (Å²) in [6.07, 6.45) is 1.80. The van der Waals surface area contributed by atoms with Gasteiger partial charge in [-0.05, 0) is 47.5 Å². The fourth-order valence-corrected chi connectivity index (χ4v) is 5.57. The van der Waals surface area contributed by atoms with Crippen LogP contribution in [0.4, 0.5) is 0 Å². The van der Waals surface area contributed by atoms with Gasteiger partial charge in [0.1, 0.15) is 11.6 Å². The SMILES string of the molecule is CC(c1ccccc1)c1cc(-c2[c-]c(-c3ccccn3)ccc2)c2nc(-c3ccccc3O)n(-c3ccccc3)c2c1.[Pt]. The van der Waals surface area contributed by atoms with Crippen molar-refractivity contribution in [3.8, 4) is 45.2 Å². The van der Waals surface area contributed by atoms with E-state index in [0.29, 0.717) is 11.4 Å². The molecule has 0 amide bonds. The first kappa shape index (κ1) is 28.3. The largest absolute Gasteiger partial charge is 0.507 e. The zero-order valence-corrected chi connectivity index (χ0v) is 25.7. The van der Waals surface area contributed by atoms with E-state index in [1.807, 2.05) is 72.8 Å². The summed E-state index contributed by atoms with van der Waals surface area (Å²) in [5.41, 5.74) is 9.57. The standard InChI is InChI=1S/C38H28N3O.Pt/c1-26(27-13-4-2-5-14-27)30-24-33(28-15-12-16-29(23-28)34-20-10-11-22-39-34)37-35(25-30)41(31-17-6-3-7-18-31)38(40-37)32-19-8-9-21-36(32)42;/h2-22,24-26,42H,1H3;/q-1;. The summed E-state index contributed by atoms with van der Waals surface area (Å²) < 4.78 is 2.15. The zero-order valence-electron chi connectivity index (χ0n) is 23.5. The summed E-state index contributed by atoms with van der Waals surface area (Å²) in [6.45, 7) is 2.24. The summed E-state index contributed by atoms with van der Waals surface area (Å²) >= 11 is 0. The molecule has 0 saturated carbocycles. The quantitative estimate of drug-likeness (QED) is 0.173. The van der Waals surface area contributed by atoms with Crippen molar-refractivity contribution < 1.29 is 26.2 Å². The van der Waals surface area contributed by atoms with Crippen LogP contribution in [0, 0.1) is 6.07 Å². The second-order valence-electron chi connectivity index (χ2n) is 10.4. The number of rotatable bonds is 6. The third-order valence-corrected chi connectivity index (χ3v) is 7.77. The second-order valence-corrected chi connectivity index (χ2v) is 10.4. The topological polar surface area (TPSA) is 50.9 Å². The summed E-state index contributed by atoms with van der Waals surface area (Å²) in [5, 5.41) is 10.9. The minimum Gasteiger partial charge on any atom is -0.507 e. The predicted molar refractivity (Wildman–Crippen MR) is 170 cm³/mol. The molecule has 1 unspecified atom stereocenters. The number of phenols is 1. The maximum Gasteiger partial charge on any atom is 0.148 e. The van der Waals surface area contributed by atoms with Crippen LogP contribution >= 0.6 is 0 Å². The first-order chi connectivity index (χ1) is 20.7. The first-order valence-corrected chi connectivity index (χ1v) is 14.1. The van der Waals surface area contributed by atoms with Crippen molar-refractivity contribution in [2.24, 2.45) is 0 Å². The van der Waals surface area contributed by atoms with E-state index in [1.54, 1.807) is 12.3 Å². The van der Waals surface area contributed by atoms with Crippen LogP contribution in [0.25, 0.3) is 50.5 Å². The molecule has 0 saturated heterocycles. The van der Waals surface area contributed by atoms with Gasteiger partial charge in [-0.1, -0.05) is 96.9 Å². The molecule has 0 aliphatic heterocycles. The molecule has 0 aliphatic rings. The number of aromatic nitrogens is 3. The van der Waals surface area contributed by atoms with E-state index < -0.39 is 0 Å².